The maximum absolute atomic E-state index is 14.3. The summed E-state index contributed by atoms with van der Waals surface area (Å²) in [7, 11) is -3.48. The first-order valence-electron chi connectivity index (χ1n) is 13.1. The second-order valence-corrected chi connectivity index (χ2v) is 13.3. The van der Waals surface area contributed by atoms with Crippen LogP contribution in [0.1, 0.15) is 104 Å². The summed E-state index contributed by atoms with van der Waals surface area (Å²) in [4.78, 5) is 12.4. The number of nitrogens with zero attached hydrogens (tertiary/aromatic N) is 1. The molecule has 0 aromatic heterocycles. The summed E-state index contributed by atoms with van der Waals surface area (Å²) in [5.74, 6) is 0.206. The number of carbonyl (C=O) groups excluding carboxylic acids is 1. The van der Waals surface area contributed by atoms with Crippen molar-refractivity contribution in [1.82, 2.24) is 4.31 Å². The molecule has 4 aliphatic carbocycles. The van der Waals surface area contributed by atoms with Gasteiger partial charge >= 0.3 is 5.97 Å². The number of fused-ring (bicyclic) bond motifs is 2. The van der Waals surface area contributed by atoms with Crippen molar-refractivity contribution in [3.8, 4) is 0 Å². The summed E-state index contributed by atoms with van der Waals surface area (Å²) in [6.07, 6.45) is 16.4. The van der Waals surface area contributed by atoms with E-state index in [1.165, 1.54) is 18.9 Å². The number of esters is 1. The van der Waals surface area contributed by atoms with E-state index in [-0.39, 0.29) is 35.3 Å². The fourth-order valence-electron chi connectivity index (χ4n) is 7.64. The van der Waals surface area contributed by atoms with Crippen LogP contribution in [0.25, 0.3) is 0 Å². The van der Waals surface area contributed by atoms with Crippen molar-refractivity contribution in [2.24, 2.45) is 16.7 Å². The second-order valence-electron chi connectivity index (χ2n) is 11.4. The van der Waals surface area contributed by atoms with E-state index >= 15 is 0 Å². The molecule has 2 bridgehead atoms. The highest BCUT2D eigenvalue weighted by Crippen LogP contribution is 2.67. The van der Waals surface area contributed by atoms with Crippen LogP contribution < -0.4 is 0 Å². The zero-order valence-corrected chi connectivity index (χ0v) is 21.2. The number of allylic oxidation sites excluding steroid dienone is 1. The molecular weight excluding hydrogens is 422 g/mol. The van der Waals surface area contributed by atoms with Crippen LogP contribution in [-0.4, -0.2) is 42.6 Å². The summed E-state index contributed by atoms with van der Waals surface area (Å²) in [5.41, 5.74) is -0.638. The Morgan fingerprint density at radius 2 is 1.53 bits per heavy atom. The quantitative estimate of drug-likeness (QED) is 0.363. The van der Waals surface area contributed by atoms with Crippen molar-refractivity contribution in [3.63, 3.8) is 0 Å². The van der Waals surface area contributed by atoms with E-state index in [0.29, 0.717) is 5.92 Å². The topological polar surface area (TPSA) is 63.7 Å². The Morgan fingerprint density at radius 3 is 2.03 bits per heavy atom. The summed E-state index contributed by atoms with van der Waals surface area (Å²) >= 11 is 0. The van der Waals surface area contributed by atoms with Crippen LogP contribution in [-0.2, 0) is 19.6 Å². The Morgan fingerprint density at radius 1 is 0.969 bits per heavy atom. The van der Waals surface area contributed by atoms with Gasteiger partial charge in [-0.3, -0.25) is 0 Å². The van der Waals surface area contributed by atoms with E-state index in [4.69, 9.17) is 4.74 Å². The molecule has 4 aliphatic rings. The SMILES string of the molecule is C/C=C\C(=O)O[C@@H]1C[C@H]2CC[C@]1(CS(=O)(=O)N(C1CCCCC1)C1CCCCC1)C2(C)C. The Bertz CT molecular complexity index is 790. The third kappa shape index (κ3) is 4.31. The first kappa shape index (κ1) is 24.3. The minimum absolute atomic E-state index is 0.129. The third-order valence-electron chi connectivity index (χ3n) is 9.55. The van der Waals surface area contributed by atoms with Crippen molar-refractivity contribution in [3.05, 3.63) is 12.2 Å². The second kappa shape index (κ2) is 9.40. The van der Waals surface area contributed by atoms with Gasteiger partial charge in [0, 0.05) is 23.6 Å². The molecule has 0 aromatic rings. The molecule has 4 rings (SSSR count). The molecular formula is C26H43NO4S. The Balaban J connectivity index is 1.65. The molecule has 0 aliphatic heterocycles. The van der Waals surface area contributed by atoms with Gasteiger partial charge in [-0.2, -0.15) is 4.31 Å². The van der Waals surface area contributed by atoms with E-state index in [1.54, 1.807) is 13.0 Å². The maximum atomic E-state index is 14.3. The van der Waals surface area contributed by atoms with E-state index in [2.05, 4.69) is 13.8 Å². The smallest absolute Gasteiger partial charge is 0.330 e. The van der Waals surface area contributed by atoms with Crippen LogP contribution in [0.4, 0.5) is 0 Å². The lowest BCUT2D eigenvalue weighted by atomic mass is 9.69. The molecule has 0 aromatic carbocycles. The Labute approximate surface area is 195 Å². The monoisotopic (exact) mass is 465 g/mol. The van der Waals surface area contributed by atoms with Crippen LogP contribution in [0.5, 0.6) is 0 Å². The highest BCUT2D eigenvalue weighted by molar-refractivity contribution is 7.89. The molecule has 0 saturated heterocycles. The molecule has 0 heterocycles. The number of hydrogen-bond acceptors (Lipinski definition) is 4. The van der Waals surface area contributed by atoms with Gasteiger partial charge in [0.15, 0.2) is 0 Å². The molecule has 4 saturated carbocycles. The standard InChI is InChI=1S/C26H43NO4S/c1-4-11-24(28)31-23-18-20-16-17-26(23,25(20,2)3)19-32(29,30)27(21-12-7-5-8-13-21)22-14-9-6-10-15-22/h4,11,20-23H,5-10,12-19H2,1-3H3/b11-4-/t20-,23-,26-/m1/s1. The van der Waals surface area contributed by atoms with Gasteiger partial charge in [-0.15, -0.1) is 0 Å². The van der Waals surface area contributed by atoms with Crippen LogP contribution >= 0.6 is 0 Å². The predicted octanol–water partition coefficient (Wildman–Crippen LogP) is 5.60. The largest absolute Gasteiger partial charge is 0.459 e. The first-order valence-corrected chi connectivity index (χ1v) is 14.7. The lowest BCUT2D eigenvalue weighted by Crippen LogP contribution is -2.54. The van der Waals surface area contributed by atoms with Crippen LogP contribution in [0, 0.1) is 16.7 Å². The van der Waals surface area contributed by atoms with Crippen molar-refractivity contribution in [2.75, 3.05) is 5.75 Å². The Hall–Kier alpha value is -0.880. The molecule has 3 atom stereocenters. The van der Waals surface area contributed by atoms with Gasteiger partial charge in [0.1, 0.15) is 6.10 Å². The summed E-state index contributed by atoms with van der Waals surface area (Å²) in [6, 6.07) is 0.304. The number of ether oxygens (including phenoxy) is 1. The number of sulfonamides is 1. The molecule has 0 unspecified atom stereocenters. The number of hydrogen-bond donors (Lipinski definition) is 0. The lowest BCUT2D eigenvalue weighted by Gasteiger charge is -2.46. The van der Waals surface area contributed by atoms with Gasteiger partial charge in [-0.1, -0.05) is 58.4 Å². The number of rotatable bonds is 7. The zero-order chi connectivity index (χ0) is 23.0. The first-order chi connectivity index (χ1) is 15.2. The summed E-state index contributed by atoms with van der Waals surface area (Å²) < 4.78 is 36.5. The number of carbonyl (C=O) groups is 1. The molecule has 0 N–H and O–H groups in total. The fourth-order valence-corrected chi connectivity index (χ4v) is 10.5. The normalized spacial score (nSPS) is 33.9. The minimum Gasteiger partial charge on any atom is -0.459 e. The van der Waals surface area contributed by atoms with Crippen molar-refractivity contribution < 1.29 is 17.9 Å². The van der Waals surface area contributed by atoms with E-state index < -0.39 is 15.4 Å². The highest BCUT2D eigenvalue weighted by Gasteiger charge is 2.67. The van der Waals surface area contributed by atoms with E-state index in [0.717, 1.165) is 70.6 Å². The molecule has 0 radical (unpaired) electrons. The molecule has 32 heavy (non-hydrogen) atoms. The molecule has 0 spiro atoms. The zero-order valence-electron chi connectivity index (χ0n) is 20.4. The molecule has 4 fully saturated rings. The third-order valence-corrected chi connectivity index (χ3v) is 11.7. The average Bonchev–Trinajstić information content (AvgIpc) is 3.10. The van der Waals surface area contributed by atoms with Crippen LogP contribution in [0.2, 0.25) is 0 Å². The van der Waals surface area contributed by atoms with Gasteiger partial charge in [0.05, 0.1) is 5.75 Å². The summed E-state index contributed by atoms with van der Waals surface area (Å²) in [5, 5.41) is 0. The molecule has 5 nitrogen and oxygen atoms in total. The van der Waals surface area contributed by atoms with Gasteiger partial charge in [0.2, 0.25) is 10.0 Å². The van der Waals surface area contributed by atoms with Gasteiger partial charge < -0.3 is 4.74 Å². The van der Waals surface area contributed by atoms with Crippen LogP contribution in [0.3, 0.4) is 0 Å². The molecule has 182 valence electrons. The van der Waals surface area contributed by atoms with Crippen molar-refractivity contribution in [2.45, 2.75) is 122 Å². The summed E-state index contributed by atoms with van der Waals surface area (Å²) in [6.45, 7) is 6.24. The molecule has 6 heteroatoms. The predicted molar refractivity (Wildman–Crippen MR) is 128 cm³/mol. The Kier molecular flexibility index (Phi) is 7.13. The lowest BCUT2D eigenvalue weighted by molar-refractivity contribution is -0.150. The van der Waals surface area contributed by atoms with Gasteiger partial charge in [-0.05, 0) is 63.2 Å². The minimum atomic E-state index is -3.48. The van der Waals surface area contributed by atoms with E-state index in [1.807, 2.05) is 4.31 Å². The van der Waals surface area contributed by atoms with Gasteiger partial charge in [0.25, 0.3) is 0 Å². The van der Waals surface area contributed by atoms with Crippen LogP contribution in [0.15, 0.2) is 12.2 Å². The average molecular weight is 466 g/mol. The molecule has 0 amide bonds. The van der Waals surface area contributed by atoms with Gasteiger partial charge in [-0.25, -0.2) is 13.2 Å². The van der Waals surface area contributed by atoms with Crippen molar-refractivity contribution >= 4 is 16.0 Å². The van der Waals surface area contributed by atoms with Crippen molar-refractivity contribution in [1.29, 1.82) is 0 Å². The maximum Gasteiger partial charge on any atom is 0.330 e. The fraction of sp³-hybridized carbons (Fsp3) is 0.885. The highest BCUT2D eigenvalue weighted by atomic mass is 32.2. The van der Waals surface area contributed by atoms with E-state index in [9.17, 15) is 13.2 Å².